The van der Waals surface area contributed by atoms with Gasteiger partial charge in [-0.15, -0.1) is 0 Å². The van der Waals surface area contributed by atoms with Crippen molar-refractivity contribution >= 4 is 15.8 Å². The van der Waals surface area contributed by atoms with Crippen LogP contribution in [-0.4, -0.2) is 35.7 Å². The molecule has 2 aromatic rings. The van der Waals surface area contributed by atoms with E-state index in [1.165, 1.54) is 35.0 Å². The minimum atomic E-state index is -3.14. The molecule has 8 heteroatoms. The van der Waals surface area contributed by atoms with Gasteiger partial charge in [-0.3, -0.25) is 4.68 Å². The van der Waals surface area contributed by atoms with E-state index in [1.54, 1.807) is 0 Å². The molecule has 6 nitrogen and oxygen atoms in total. The van der Waals surface area contributed by atoms with Gasteiger partial charge in [-0.25, -0.2) is 12.8 Å². The Morgan fingerprint density at radius 3 is 2.55 bits per heavy atom. The summed E-state index contributed by atoms with van der Waals surface area (Å²) in [5.74, 6) is -1.91. The molecule has 0 amide bonds. The zero-order valence-electron chi connectivity index (χ0n) is 11.4. The Kier molecular flexibility index (Phi) is 3.48. The van der Waals surface area contributed by atoms with Gasteiger partial charge >= 0.3 is 0 Å². The lowest BCUT2D eigenvalue weighted by molar-refractivity contribution is -0.255. The molecule has 22 heavy (non-hydrogen) atoms. The number of rotatable bonds is 3. The highest BCUT2D eigenvalue weighted by molar-refractivity contribution is 7.91. The van der Waals surface area contributed by atoms with Crippen molar-refractivity contribution in [2.24, 2.45) is 0 Å². The number of carbonyl (C=O) groups is 1. The second-order valence-corrected chi connectivity index (χ2v) is 7.44. The van der Waals surface area contributed by atoms with Gasteiger partial charge in [-0.1, -0.05) is 0 Å². The van der Waals surface area contributed by atoms with Crippen LogP contribution in [0.25, 0.3) is 11.3 Å². The van der Waals surface area contributed by atoms with Crippen LogP contribution in [0.1, 0.15) is 23.0 Å². The molecule has 0 N–H and O–H groups in total. The second-order valence-electron chi connectivity index (χ2n) is 5.21. The molecule has 116 valence electrons. The quantitative estimate of drug-likeness (QED) is 0.816. The summed E-state index contributed by atoms with van der Waals surface area (Å²) in [5, 5.41) is 15.0. The Labute approximate surface area is 126 Å². The van der Waals surface area contributed by atoms with Crippen LogP contribution >= 0.6 is 0 Å². The first-order valence-corrected chi connectivity index (χ1v) is 8.45. The Morgan fingerprint density at radius 2 is 2.00 bits per heavy atom. The van der Waals surface area contributed by atoms with E-state index >= 15 is 0 Å². The van der Waals surface area contributed by atoms with E-state index in [0.29, 0.717) is 17.7 Å². The molecule has 0 spiro atoms. The van der Waals surface area contributed by atoms with E-state index in [4.69, 9.17) is 0 Å². The first kappa shape index (κ1) is 14.7. The SMILES string of the molecule is O=C([O-])c1cc(-c2ccc(F)cc2)n([C@@H]2CCS(=O)(=O)C2)n1. The van der Waals surface area contributed by atoms with E-state index in [0.717, 1.165) is 0 Å². The van der Waals surface area contributed by atoms with Crippen LogP contribution in [0, 0.1) is 5.82 Å². The lowest BCUT2D eigenvalue weighted by atomic mass is 10.1. The summed E-state index contributed by atoms with van der Waals surface area (Å²) < 4.78 is 37.7. The fraction of sp³-hybridized carbons (Fsp3) is 0.286. The van der Waals surface area contributed by atoms with Gasteiger partial charge in [0.1, 0.15) is 11.5 Å². The Hall–Kier alpha value is -2.22. The average molecular weight is 323 g/mol. The normalized spacial score (nSPS) is 20.1. The van der Waals surface area contributed by atoms with E-state index in [9.17, 15) is 22.7 Å². The number of aromatic carboxylic acids is 1. The standard InChI is InChI=1S/C14H13FN2O4S/c15-10-3-1-9(2-4-10)13-7-12(14(18)19)16-17(13)11-5-6-22(20,21)8-11/h1-4,7,11H,5-6,8H2,(H,18,19)/p-1/t11-/m1/s1. The van der Waals surface area contributed by atoms with Crippen molar-refractivity contribution in [3.05, 3.63) is 41.8 Å². The van der Waals surface area contributed by atoms with Crippen molar-refractivity contribution in [1.82, 2.24) is 9.78 Å². The van der Waals surface area contributed by atoms with Crippen molar-refractivity contribution in [2.45, 2.75) is 12.5 Å². The molecule has 0 saturated carbocycles. The number of benzene rings is 1. The van der Waals surface area contributed by atoms with Crippen molar-refractivity contribution < 1.29 is 22.7 Å². The van der Waals surface area contributed by atoms with Crippen LogP contribution in [0.3, 0.4) is 0 Å². The number of halogens is 1. The number of aromatic nitrogens is 2. The maximum absolute atomic E-state index is 13.0. The number of sulfone groups is 1. The third-order valence-electron chi connectivity index (χ3n) is 3.64. The first-order valence-electron chi connectivity index (χ1n) is 6.63. The minimum absolute atomic E-state index is 0.0427. The lowest BCUT2D eigenvalue weighted by Gasteiger charge is -2.13. The van der Waals surface area contributed by atoms with Crippen LogP contribution in [-0.2, 0) is 9.84 Å². The fourth-order valence-corrected chi connectivity index (χ4v) is 4.27. The van der Waals surface area contributed by atoms with E-state index in [-0.39, 0.29) is 17.2 Å². The van der Waals surface area contributed by atoms with Gasteiger partial charge in [0.05, 0.1) is 29.2 Å². The summed E-state index contributed by atoms with van der Waals surface area (Å²) in [7, 11) is -3.14. The second kappa shape index (κ2) is 5.20. The summed E-state index contributed by atoms with van der Waals surface area (Å²) in [6.07, 6.45) is 0.366. The Morgan fingerprint density at radius 1 is 1.32 bits per heavy atom. The van der Waals surface area contributed by atoms with Gasteiger partial charge in [0.15, 0.2) is 9.84 Å². The number of hydrogen-bond acceptors (Lipinski definition) is 5. The molecule has 2 heterocycles. The molecule has 1 aliphatic heterocycles. The monoisotopic (exact) mass is 323 g/mol. The molecule has 1 saturated heterocycles. The molecule has 1 aromatic heterocycles. The van der Waals surface area contributed by atoms with E-state index < -0.39 is 27.7 Å². The molecule has 0 radical (unpaired) electrons. The topological polar surface area (TPSA) is 92.1 Å². The summed E-state index contributed by atoms with van der Waals surface area (Å²) in [6.45, 7) is 0. The molecule has 1 fully saturated rings. The highest BCUT2D eigenvalue weighted by atomic mass is 32.2. The number of hydrogen-bond donors (Lipinski definition) is 0. The van der Waals surface area contributed by atoms with Crippen molar-refractivity contribution in [3.63, 3.8) is 0 Å². The number of nitrogens with zero attached hydrogens (tertiary/aromatic N) is 2. The lowest BCUT2D eigenvalue weighted by Crippen LogP contribution is -2.23. The molecule has 0 unspecified atom stereocenters. The fourth-order valence-electron chi connectivity index (χ4n) is 2.58. The van der Waals surface area contributed by atoms with Crippen LogP contribution < -0.4 is 5.11 Å². The third-order valence-corrected chi connectivity index (χ3v) is 5.39. The summed E-state index contributed by atoms with van der Waals surface area (Å²) >= 11 is 0. The highest BCUT2D eigenvalue weighted by Gasteiger charge is 2.31. The van der Waals surface area contributed by atoms with Gasteiger partial charge < -0.3 is 9.90 Å². The van der Waals surface area contributed by atoms with Gasteiger partial charge in [-0.2, -0.15) is 5.10 Å². The third kappa shape index (κ3) is 2.74. The van der Waals surface area contributed by atoms with Crippen molar-refractivity contribution in [3.8, 4) is 11.3 Å². The van der Waals surface area contributed by atoms with Gasteiger partial charge in [0.2, 0.25) is 0 Å². The summed E-state index contributed by atoms with van der Waals surface area (Å²) in [5.41, 5.74) is 0.718. The summed E-state index contributed by atoms with van der Waals surface area (Å²) in [6, 6.07) is 6.36. The van der Waals surface area contributed by atoms with Gasteiger partial charge in [-0.05, 0) is 36.8 Å². The van der Waals surface area contributed by atoms with Crippen LogP contribution in [0.5, 0.6) is 0 Å². The van der Waals surface area contributed by atoms with Crippen LogP contribution in [0.4, 0.5) is 4.39 Å². The molecule has 1 aromatic carbocycles. The molecule has 0 aliphatic carbocycles. The minimum Gasteiger partial charge on any atom is -0.543 e. The molecule has 1 atom stereocenters. The Balaban J connectivity index is 2.08. The van der Waals surface area contributed by atoms with Gasteiger partial charge in [0.25, 0.3) is 0 Å². The molecular formula is C14H12FN2O4S-. The maximum atomic E-state index is 13.0. The Bertz CT molecular complexity index is 827. The number of carboxylic acid groups (broad SMARTS) is 1. The molecule has 1 aliphatic rings. The largest absolute Gasteiger partial charge is 0.543 e. The average Bonchev–Trinajstić information content (AvgIpc) is 3.03. The molecule has 0 bridgehead atoms. The van der Waals surface area contributed by atoms with Crippen molar-refractivity contribution in [1.29, 1.82) is 0 Å². The molecule has 3 rings (SSSR count). The van der Waals surface area contributed by atoms with Crippen molar-refractivity contribution in [2.75, 3.05) is 11.5 Å². The van der Waals surface area contributed by atoms with E-state index in [1.807, 2.05) is 0 Å². The first-order chi connectivity index (χ1) is 10.4. The molecular weight excluding hydrogens is 311 g/mol. The number of carbonyl (C=O) groups excluding carboxylic acids is 1. The summed E-state index contributed by atoms with van der Waals surface area (Å²) in [4.78, 5) is 11.0. The highest BCUT2D eigenvalue weighted by Crippen LogP contribution is 2.30. The predicted octanol–water partition coefficient (Wildman–Crippen LogP) is 0.412. The zero-order chi connectivity index (χ0) is 15.9. The maximum Gasteiger partial charge on any atom is 0.152 e. The number of carboxylic acids is 1. The smallest absolute Gasteiger partial charge is 0.152 e. The predicted molar refractivity (Wildman–Crippen MR) is 74.3 cm³/mol. The van der Waals surface area contributed by atoms with E-state index in [2.05, 4.69) is 5.10 Å². The van der Waals surface area contributed by atoms with Gasteiger partial charge in [0, 0.05) is 5.56 Å². The van der Waals surface area contributed by atoms with Crippen LogP contribution in [0.15, 0.2) is 30.3 Å². The van der Waals surface area contributed by atoms with Crippen LogP contribution in [0.2, 0.25) is 0 Å². The zero-order valence-corrected chi connectivity index (χ0v) is 12.2.